The van der Waals surface area contributed by atoms with E-state index in [1.165, 1.54) is 39.0 Å². The fraction of sp³-hybridized carbons (Fsp3) is 0.833. The summed E-state index contributed by atoms with van der Waals surface area (Å²) in [5.41, 5.74) is 0. The average molecular weight is 275 g/mol. The van der Waals surface area contributed by atoms with Gasteiger partial charge in [0.05, 0.1) is 0 Å². The van der Waals surface area contributed by atoms with E-state index in [-0.39, 0.29) is 0 Å². The summed E-state index contributed by atoms with van der Waals surface area (Å²) in [6.07, 6.45) is 2.60. The molecule has 0 aromatic heterocycles. The summed E-state index contributed by atoms with van der Waals surface area (Å²) in [7, 11) is 2.23. The zero-order chi connectivity index (χ0) is 11.3. The van der Waals surface area contributed by atoms with E-state index in [0.717, 1.165) is 16.9 Å². The molecule has 1 aliphatic rings. The van der Waals surface area contributed by atoms with Crippen molar-refractivity contribution in [3.63, 3.8) is 0 Å². The van der Waals surface area contributed by atoms with E-state index in [0.29, 0.717) is 0 Å². The maximum absolute atomic E-state index is 3.90. The molecular weight excluding hydrogens is 252 g/mol. The minimum Gasteiger partial charge on any atom is -0.306 e. The van der Waals surface area contributed by atoms with Crippen LogP contribution in [0.15, 0.2) is 11.1 Å². The fourth-order valence-corrected chi connectivity index (χ4v) is 2.72. The summed E-state index contributed by atoms with van der Waals surface area (Å²) in [6, 6.07) is 0. The first-order valence-electron chi connectivity index (χ1n) is 5.86. The number of hydrogen-bond donors (Lipinski definition) is 0. The number of halogens is 1. The summed E-state index contributed by atoms with van der Waals surface area (Å²) in [4.78, 5) is 4.94. The van der Waals surface area contributed by atoms with Crippen LogP contribution in [0.4, 0.5) is 0 Å². The van der Waals surface area contributed by atoms with Gasteiger partial charge in [-0.15, -0.1) is 0 Å². The highest BCUT2D eigenvalue weighted by Gasteiger charge is 2.23. The number of nitrogens with zero attached hydrogens (tertiary/aromatic N) is 2. The number of rotatable bonds is 6. The summed E-state index contributed by atoms with van der Waals surface area (Å²) < 4.78 is 1.10. The van der Waals surface area contributed by atoms with Crippen molar-refractivity contribution in [2.24, 2.45) is 5.92 Å². The molecule has 1 rings (SSSR count). The van der Waals surface area contributed by atoms with E-state index >= 15 is 0 Å². The molecule has 0 aromatic carbocycles. The van der Waals surface area contributed by atoms with Crippen LogP contribution in [-0.4, -0.2) is 49.6 Å². The summed E-state index contributed by atoms with van der Waals surface area (Å²) >= 11 is 3.43. The molecule has 1 saturated heterocycles. The molecule has 1 atom stereocenters. The Balaban J connectivity index is 2.21. The van der Waals surface area contributed by atoms with Crippen molar-refractivity contribution in [1.29, 1.82) is 0 Å². The lowest BCUT2D eigenvalue weighted by atomic mass is 10.1. The Morgan fingerprint density at radius 1 is 1.60 bits per heavy atom. The van der Waals surface area contributed by atoms with Gasteiger partial charge in [-0.2, -0.15) is 0 Å². The molecule has 1 heterocycles. The van der Waals surface area contributed by atoms with E-state index in [4.69, 9.17) is 0 Å². The molecule has 0 spiro atoms. The van der Waals surface area contributed by atoms with E-state index in [2.05, 4.69) is 46.3 Å². The van der Waals surface area contributed by atoms with Crippen molar-refractivity contribution in [3.8, 4) is 0 Å². The average Bonchev–Trinajstić information content (AvgIpc) is 2.51. The standard InChI is InChI=1S/C12H23BrN2/c1-4-6-14(3)9-12-5-7-15(10-12)8-11(2)13/h12H,2,4-10H2,1,3H3/t12-/m0/s1. The predicted octanol–water partition coefficient (Wildman–Crippen LogP) is 2.56. The Morgan fingerprint density at radius 2 is 2.33 bits per heavy atom. The SMILES string of the molecule is C=C(Br)CN1CC[C@@H](CN(C)CCC)C1. The largest absolute Gasteiger partial charge is 0.306 e. The lowest BCUT2D eigenvalue weighted by Crippen LogP contribution is -2.29. The number of likely N-dealkylation sites (tertiary alicyclic amines) is 1. The Hall–Kier alpha value is 0.140. The molecule has 0 aliphatic carbocycles. The van der Waals surface area contributed by atoms with Gasteiger partial charge in [-0.3, -0.25) is 4.90 Å². The van der Waals surface area contributed by atoms with Crippen LogP contribution in [0.25, 0.3) is 0 Å². The Bertz CT molecular complexity index is 206. The molecule has 0 saturated carbocycles. The second-order valence-electron chi connectivity index (χ2n) is 4.67. The van der Waals surface area contributed by atoms with Crippen LogP contribution < -0.4 is 0 Å². The van der Waals surface area contributed by atoms with Gasteiger partial charge in [-0.25, -0.2) is 0 Å². The van der Waals surface area contributed by atoms with Crippen LogP contribution >= 0.6 is 15.9 Å². The molecule has 3 heteroatoms. The highest BCUT2D eigenvalue weighted by Crippen LogP contribution is 2.19. The van der Waals surface area contributed by atoms with Gasteiger partial charge in [0.2, 0.25) is 0 Å². The minimum atomic E-state index is 0.855. The molecule has 0 unspecified atom stereocenters. The molecule has 0 aromatic rings. The first-order valence-corrected chi connectivity index (χ1v) is 6.65. The zero-order valence-electron chi connectivity index (χ0n) is 10.0. The predicted molar refractivity (Wildman–Crippen MR) is 70.4 cm³/mol. The van der Waals surface area contributed by atoms with E-state index in [1.54, 1.807) is 0 Å². The first kappa shape index (κ1) is 13.2. The Morgan fingerprint density at radius 3 is 2.93 bits per heavy atom. The summed E-state index contributed by atoms with van der Waals surface area (Å²) in [5.74, 6) is 0.855. The van der Waals surface area contributed by atoms with Crippen molar-refractivity contribution in [3.05, 3.63) is 11.1 Å². The van der Waals surface area contributed by atoms with Crippen molar-refractivity contribution in [1.82, 2.24) is 9.80 Å². The van der Waals surface area contributed by atoms with E-state index in [9.17, 15) is 0 Å². The van der Waals surface area contributed by atoms with Crippen LogP contribution in [-0.2, 0) is 0 Å². The Kier molecular flexibility index (Phi) is 5.87. The van der Waals surface area contributed by atoms with Crippen LogP contribution in [0.3, 0.4) is 0 Å². The Labute approximate surface area is 102 Å². The lowest BCUT2D eigenvalue weighted by Gasteiger charge is -2.20. The maximum atomic E-state index is 3.90. The third kappa shape index (κ3) is 5.14. The molecule has 0 N–H and O–H groups in total. The van der Waals surface area contributed by atoms with Gasteiger partial charge in [0.1, 0.15) is 0 Å². The normalized spacial score (nSPS) is 22.5. The van der Waals surface area contributed by atoms with E-state index in [1.807, 2.05) is 0 Å². The maximum Gasteiger partial charge on any atom is 0.0294 e. The smallest absolute Gasteiger partial charge is 0.0294 e. The van der Waals surface area contributed by atoms with Gasteiger partial charge in [0, 0.05) is 24.1 Å². The van der Waals surface area contributed by atoms with Gasteiger partial charge >= 0.3 is 0 Å². The molecule has 0 amide bonds. The third-order valence-electron chi connectivity index (χ3n) is 2.94. The molecule has 1 aliphatic heterocycles. The molecule has 88 valence electrons. The van der Waals surface area contributed by atoms with Gasteiger partial charge in [-0.05, 0) is 38.9 Å². The summed E-state index contributed by atoms with van der Waals surface area (Å²) in [6.45, 7) is 12.1. The van der Waals surface area contributed by atoms with Gasteiger partial charge in [0.15, 0.2) is 0 Å². The monoisotopic (exact) mass is 274 g/mol. The van der Waals surface area contributed by atoms with E-state index < -0.39 is 0 Å². The van der Waals surface area contributed by atoms with Crippen molar-refractivity contribution in [2.75, 3.05) is 39.8 Å². The molecule has 1 fully saturated rings. The van der Waals surface area contributed by atoms with Crippen LogP contribution in [0, 0.1) is 5.92 Å². The lowest BCUT2D eigenvalue weighted by molar-refractivity contribution is 0.269. The zero-order valence-corrected chi connectivity index (χ0v) is 11.6. The minimum absolute atomic E-state index is 0.855. The highest BCUT2D eigenvalue weighted by molar-refractivity contribution is 9.11. The second-order valence-corrected chi connectivity index (χ2v) is 5.79. The molecule has 0 bridgehead atoms. The highest BCUT2D eigenvalue weighted by atomic mass is 79.9. The molecule has 15 heavy (non-hydrogen) atoms. The molecule has 0 radical (unpaired) electrons. The van der Waals surface area contributed by atoms with Crippen LogP contribution in [0.2, 0.25) is 0 Å². The third-order valence-corrected chi connectivity index (χ3v) is 3.19. The fourth-order valence-electron chi connectivity index (χ4n) is 2.36. The van der Waals surface area contributed by atoms with Crippen molar-refractivity contribution < 1.29 is 0 Å². The van der Waals surface area contributed by atoms with Crippen LogP contribution in [0.1, 0.15) is 19.8 Å². The molecular formula is C12H23BrN2. The van der Waals surface area contributed by atoms with Crippen molar-refractivity contribution in [2.45, 2.75) is 19.8 Å². The summed E-state index contributed by atoms with van der Waals surface area (Å²) in [5, 5.41) is 0. The first-order chi connectivity index (χ1) is 7.11. The molecule has 2 nitrogen and oxygen atoms in total. The number of hydrogen-bond acceptors (Lipinski definition) is 2. The quantitative estimate of drug-likeness (QED) is 0.735. The van der Waals surface area contributed by atoms with Crippen LogP contribution in [0.5, 0.6) is 0 Å². The topological polar surface area (TPSA) is 6.48 Å². The second kappa shape index (κ2) is 6.66. The van der Waals surface area contributed by atoms with Gasteiger partial charge < -0.3 is 4.90 Å². The van der Waals surface area contributed by atoms with Crippen molar-refractivity contribution >= 4 is 15.9 Å². The van der Waals surface area contributed by atoms with Gasteiger partial charge in [0.25, 0.3) is 0 Å². The van der Waals surface area contributed by atoms with Gasteiger partial charge in [-0.1, -0.05) is 29.4 Å².